The Morgan fingerprint density at radius 3 is 2.30 bits per heavy atom. The van der Waals surface area contributed by atoms with Crippen molar-refractivity contribution in [3.05, 3.63) is 35.9 Å². The molecule has 5 heteroatoms. The van der Waals surface area contributed by atoms with Crippen LogP contribution in [-0.2, 0) is 4.74 Å². The van der Waals surface area contributed by atoms with Crippen LogP contribution in [-0.4, -0.2) is 46.6 Å². The number of amides is 1. The number of aliphatic hydroxyl groups excluding tert-OH is 2. The van der Waals surface area contributed by atoms with Gasteiger partial charge in [-0.2, -0.15) is 0 Å². The highest BCUT2D eigenvalue weighted by atomic mass is 16.6. The summed E-state index contributed by atoms with van der Waals surface area (Å²) in [6.07, 6.45) is -1.62. The van der Waals surface area contributed by atoms with Crippen molar-refractivity contribution < 1.29 is 19.7 Å². The molecule has 1 aromatic rings. The summed E-state index contributed by atoms with van der Waals surface area (Å²) in [4.78, 5) is 13.4. The Balaban J connectivity index is 2.97. The van der Waals surface area contributed by atoms with E-state index in [1.54, 1.807) is 40.0 Å². The molecule has 0 heterocycles. The van der Waals surface area contributed by atoms with E-state index in [2.05, 4.69) is 0 Å². The molecule has 0 aliphatic rings. The van der Waals surface area contributed by atoms with Crippen molar-refractivity contribution in [1.82, 2.24) is 4.90 Å². The molecule has 0 aliphatic carbocycles. The predicted molar refractivity (Wildman–Crippen MR) is 76.3 cm³/mol. The van der Waals surface area contributed by atoms with Crippen LogP contribution in [0.2, 0.25) is 0 Å². The number of likely N-dealkylation sites (N-methyl/N-ethyl adjacent to an activating group) is 1. The molecule has 0 fully saturated rings. The highest BCUT2D eigenvalue weighted by Gasteiger charge is 2.31. The van der Waals surface area contributed by atoms with Crippen LogP contribution in [0.4, 0.5) is 4.79 Å². The molecule has 2 N–H and O–H groups in total. The average Bonchev–Trinajstić information content (AvgIpc) is 2.37. The summed E-state index contributed by atoms with van der Waals surface area (Å²) in [5.74, 6) is 0. The molecule has 5 nitrogen and oxygen atoms in total. The molecule has 2 atom stereocenters. The minimum atomic E-state index is -1.07. The quantitative estimate of drug-likeness (QED) is 0.885. The van der Waals surface area contributed by atoms with Gasteiger partial charge in [0.15, 0.2) is 0 Å². The second kappa shape index (κ2) is 6.72. The standard InChI is InChI=1S/C15H23NO4/c1-15(2,3)20-14(19)16(4)13(12(18)10-17)11-8-6-5-7-9-11/h5-9,12-13,17-18H,10H2,1-4H3/t12-,13+/m1/s1. The van der Waals surface area contributed by atoms with Crippen LogP contribution in [0.5, 0.6) is 0 Å². The number of carbonyl (C=O) groups excluding carboxylic acids is 1. The van der Waals surface area contributed by atoms with Gasteiger partial charge in [0.05, 0.1) is 12.6 Å². The van der Waals surface area contributed by atoms with Crippen molar-refractivity contribution >= 4 is 6.09 Å². The van der Waals surface area contributed by atoms with Crippen LogP contribution >= 0.6 is 0 Å². The van der Waals surface area contributed by atoms with E-state index in [1.807, 2.05) is 18.2 Å². The van der Waals surface area contributed by atoms with E-state index < -0.39 is 30.4 Å². The summed E-state index contributed by atoms with van der Waals surface area (Å²) in [5, 5.41) is 19.2. The number of benzene rings is 1. The zero-order valence-electron chi connectivity index (χ0n) is 12.4. The Morgan fingerprint density at radius 1 is 1.30 bits per heavy atom. The van der Waals surface area contributed by atoms with Gasteiger partial charge < -0.3 is 19.8 Å². The van der Waals surface area contributed by atoms with Crippen LogP contribution in [0.15, 0.2) is 30.3 Å². The normalized spacial score (nSPS) is 14.5. The first kappa shape index (κ1) is 16.5. The third-order valence-electron chi connectivity index (χ3n) is 2.79. The van der Waals surface area contributed by atoms with Crippen molar-refractivity contribution in [2.45, 2.75) is 38.5 Å². The van der Waals surface area contributed by atoms with Crippen LogP contribution < -0.4 is 0 Å². The number of aliphatic hydroxyl groups is 2. The Bertz CT molecular complexity index is 427. The Kier molecular flexibility index (Phi) is 5.53. The van der Waals surface area contributed by atoms with Gasteiger partial charge in [-0.15, -0.1) is 0 Å². The van der Waals surface area contributed by atoms with Gasteiger partial charge in [-0.25, -0.2) is 4.79 Å². The molecule has 0 unspecified atom stereocenters. The Morgan fingerprint density at radius 2 is 1.85 bits per heavy atom. The summed E-state index contributed by atoms with van der Waals surface area (Å²) in [7, 11) is 1.55. The summed E-state index contributed by atoms with van der Waals surface area (Å²) < 4.78 is 5.29. The maximum absolute atomic E-state index is 12.1. The molecular formula is C15H23NO4. The molecule has 112 valence electrons. The van der Waals surface area contributed by atoms with Gasteiger partial charge in [0.1, 0.15) is 11.7 Å². The second-order valence-corrected chi connectivity index (χ2v) is 5.70. The first-order valence-electron chi connectivity index (χ1n) is 6.56. The van der Waals surface area contributed by atoms with Gasteiger partial charge in [-0.3, -0.25) is 0 Å². The number of carbonyl (C=O) groups is 1. The molecule has 0 bridgehead atoms. The first-order chi connectivity index (χ1) is 9.26. The Hall–Kier alpha value is -1.59. The summed E-state index contributed by atoms with van der Waals surface area (Å²) in [5.41, 5.74) is 0.124. The molecule has 0 radical (unpaired) electrons. The molecule has 1 amide bonds. The maximum atomic E-state index is 12.1. The summed E-state index contributed by atoms with van der Waals surface area (Å²) >= 11 is 0. The van der Waals surface area contributed by atoms with Crippen LogP contribution in [0.1, 0.15) is 32.4 Å². The van der Waals surface area contributed by atoms with E-state index >= 15 is 0 Å². The Labute approximate surface area is 119 Å². The number of ether oxygens (including phenoxy) is 1. The molecular weight excluding hydrogens is 258 g/mol. The predicted octanol–water partition coefficient (Wildman–Crippen LogP) is 1.95. The van der Waals surface area contributed by atoms with Gasteiger partial charge in [-0.1, -0.05) is 30.3 Å². The third kappa shape index (κ3) is 4.51. The minimum Gasteiger partial charge on any atom is -0.444 e. The molecule has 1 aromatic carbocycles. The molecule has 0 spiro atoms. The molecule has 0 aromatic heterocycles. The van der Waals surface area contributed by atoms with Crippen molar-refractivity contribution in [3.63, 3.8) is 0 Å². The van der Waals surface area contributed by atoms with Crippen LogP contribution in [0, 0.1) is 0 Å². The first-order valence-corrected chi connectivity index (χ1v) is 6.56. The lowest BCUT2D eigenvalue weighted by Crippen LogP contribution is -2.42. The van der Waals surface area contributed by atoms with E-state index in [0.29, 0.717) is 0 Å². The number of nitrogens with zero attached hydrogens (tertiary/aromatic N) is 1. The number of hydrogen-bond acceptors (Lipinski definition) is 4. The van der Waals surface area contributed by atoms with E-state index in [1.165, 1.54) is 4.90 Å². The zero-order chi connectivity index (χ0) is 15.3. The number of rotatable bonds is 4. The fourth-order valence-electron chi connectivity index (χ4n) is 1.90. The second-order valence-electron chi connectivity index (χ2n) is 5.70. The zero-order valence-corrected chi connectivity index (χ0v) is 12.4. The summed E-state index contributed by atoms with van der Waals surface area (Å²) in [6, 6.07) is 8.41. The topological polar surface area (TPSA) is 70.0 Å². The molecule has 0 aliphatic heterocycles. The third-order valence-corrected chi connectivity index (χ3v) is 2.79. The lowest BCUT2D eigenvalue weighted by atomic mass is 10.0. The van der Waals surface area contributed by atoms with E-state index in [0.717, 1.165) is 5.56 Å². The highest BCUT2D eigenvalue weighted by Crippen LogP contribution is 2.25. The van der Waals surface area contributed by atoms with E-state index in [4.69, 9.17) is 4.74 Å². The van der Waals surface area contributed by atoms with E-state index in [9.17, 15) is 15.0 Å². The highest BCUT2D eigenvalue weighted by molar-refractivity contribution is 5.68. The smallest absolute Gasteiger partial charge is 0.410 e. The van der Waals surface area contributed by atoms with Crippen molar-refractivity contribution in [2.75, 3.05) is 13.7 Å². The molecule has 0 saturated heterocycles. The number of hydrogen-bond donors (Lipinski definition) is 2. The van der Waals surface area contributed by atoms with E-state index in [-0.39, 0.29) is 0 Å². The maximum Gasteiger partial charge on any atom is 0.410 e. The van der Waals surface area contributed by atoms with Crippen LogP contribution in [0.3, 0.4) is 0 Å². The van der Waals surface area contributed by atoms with Gasteiger partial charge in [0.25, 0.3) is 0 Å². The van der Waals surface area contributed by atoms with Crippen molar-refractivity contribution in [2.24, 2.45) is 0 Å². The molecule has 20 heavy (non-hydrogen) atoms. The lowest BCUT2D eigenvalue weighted by molar-refractivity contribution is -0.0114. The van der Waals surface area contributed by atoms with Crippen molar-refractivity contribution in [3.8, 4) is 0 Å². The lowest BCUT2D eigenvalue weighted by Gasteiger charge is -2.33. The van der Waals surface area contributed by atoms with Gasteiger partial charge >= 0.3 is 6.09 Å². The van der Waals surface area contributed by atoms with Gasteiger partial charge in [-0.05, 0) is 26.3 Å². The summed E-state index contributed by atoms with van der Waals surface area (Å²) in [6.45, 7) is 4.89. The minimum absolute atomic E-state index is 0.438. The average molecular weight is 281 g/mol. The molecule has 0 saturated carbocycles. The SMILES string of the molecule is CN(C(=O)OC(C)(C)C)[C@@H](c1ccccc1)[C@H](O)CO. The van der Waals surface area contributed by atoms with Crippen molar-refractivity contribution in [1.29, 1.82) is 0 Å². The fourth-order valence-corrected chi connectivity index (χ4v) is 1.90. The van der Waals surface area contributed by atoms with Gasteiger partial charge in [0.2, 0.25) is 0 Å². The molecule has 1 rings (SSSR count). The fraction of sp³-hybridized carbons (Fsp3) is 0.533. The monoisotopic (exact) mass is 281 g/mol. The van der Waals surface area contributed by atoms with Gasteiger partial charge in [0, 0.05) is 7.05 Å². The largest absolute Gasteiger partial charge is 0.444 e. The van der Waals surface area contributed by atoms with Crippen LogP contribution in [0.25, 0.3) is 0 Å².